The van der Waals surface area contributed by atoms with E-state index in [2.05, 4.69) is 15.7 Å². The predicted octanol–water partition coefficient (Wildman–Crippen LogP) is 4.06. The molecule has 1 heterocycles. The van der Waals surface area contributed by atoms with Crippen LogP contribution in [0.15, 0.2) is 42.5 Å². The van der Waals surface area contributed by atoms with Crippen molar-refractivity contribution in [3.05, 3.63) is 80.7 Å². The van der Waals surface area contributed by atoms with Crippen LogP contribution < -0.4 is 15.4 Å². The van der Waals surface area contributed by atoms with Crippen LogP contribution in [0, 0.1) is 24.0 Å². The summed E-state index contributed by atoms with van der Waals surface area (Å²) >= 11 is 5.23. The van der Waals surface area contributed by atoms with Gasteiger partial charge in [0.25, 0.3) is 5.91 Å². The first kappa shape index (κ1) is 23.9. The molecule has 0 radical (unpaired) electrons. The number of nitrogens with one attached hydrogen (secondary N) is 2. The number of hydrogen-bond donors (Lipinski definition) is 2. The molecule has 0 atom stereocenters. The number of aryl methyl sites for hydroxylation is 2. The van der Waals surface area contributed by atoms with Crippen molar-refractivity contribution < 1.29 is 14.5 Å². The summed E-state index contributed by atoms with van der Waals surface area (Å²) in [5.74, 6) is -0.450. The highest BCUT2D eigenvalue weighted by Gasteiger charge is 2.19. The second-order valence-electron chi connectivity index (χ2n) is 7.43. The van der Waals surface area contributed by atoms with Crippen LogP contribution in [-0.4, -0.2) is 32.3 Å². The molecule has 33 heavy (non-hydrogen) atoms. The van der Waals surface area contributed by atoms with Crippen LogP contribution in [0.2, 0.25) is 0 Å². The number of carbonyl (C=O) groups excluding carboxylic acids is 1. The van der Waals surface area contributed by atoms with E-state index in [0.29, 0.717) is 5.69 Å². The lowest BCUT2D eigenvalue weighted by molar-refractivity contribution is -0.385. The van der Waals surface area contributed by atoms with E-state index in [1.54, 1.807) is 6.92 Å². The number of hydrogen-bond acceptors (Lipinski definition) is 6. The molecule has 2 aromatic carbocycles. The number of nitro benzene ring substituents is 1. The van der Waals surface area contributed by atoms with E-state index in [1.165, 1.54) is 23.8 Å². The molecule has 0 bridgehead atoms. The maximum Gasteiger partial charge on any atom is 0.311 e. The minimum absolute atomic E-state index is 0.0863. The van der Waals surface area contributed by atoms with Gasteiger partial charge in [-0.3, -0.25) is 24.9 Å². The van der Waals surface area contributed by atoms with Crippen molar-refractivity contribution in [3.8, 4) is 5.75 Å². The van der Waals surface area contributed by atoms with E-state index in [4.69, 9.17) is 17.0 Å². The van der Waals surface area contributed by atoms with Gasteiger partial charge < -0.3 is 10.1 Å². The molecule has 1 amide bonds. The number of carbonyl (C=O) groups is 1. The lowest BCUT2D eigenvalue weighted by Gasteiger charge is -2.11. The third-order valence-electron chi connectivity index (χ3n) is 5.20. The van der Waals surface area contributed by atoms with Crippen molar-refractivity contribution in [3.63, 3.8) is 0 Å². The number of anilines is 1. The Balaban J connectivity index is 1.63. The first-order chi connectivity index (χ1) is 15.7. The minimum atomic E-state index is -0.589. The molecule has 3 rings (SSSR count). The van der Waals surface area contributed by atoms with Gasteiger partial charge >= 0.3 is 5.69 Å². The quantitative estimate of drug-likeness (QED) is 0.306. The fraction of sp³-hybridized carbons (Fsp3) is 0.261. The van der Waals surface area contributed by atoms with Crippen molar-refractivity contribution in [1.82, 2.24) is 15.1 Å². The molecule has 0 fully saturated rings. The van der Waals surface area contributed by atoms with E-state index in [1.807, 2.05) is 49.8 Å². The van der Waals surface area contributed by atoms with Gasteiger partial charge in [0.15, 0.2) is 10.9 Å². The summed E-state index contributed by atoms with van der Waals surface area (Å²) in [6.45, 7) is 6.05. The highest BCUT2D eigenvalue weighted by atomic mass is 32.1. The van der Waals surface area contributed by atoms with Gasteiger partial charge in [-0.1, -0.05) is 12.1 Å². The Kier molecular flexibility index (Phi) is 7.39. The van der Waals surface area contributed by atoms with Crippen LogP contribution in [-0.2, 0) is 13.5 Å². The topological polar surface area (TPSA) is 111 Å². The van der Waals surface area contributed by atoms with E-state index in [-0.39, 0.29) is 28.7 Å². The average Bonchev–Trinajstić information content (AvgIpc) is 3.01. The van der Waals surface area contributed by atoms with Gasteiger partial charge in [-0.15, -0.1) is 0 Å². The Hall–Kier alpha value is -3.79. The highest BCUT2D eigenvalue weighted by molar-refractivity contribution is 7.80. The predicted molar refractivity (Wildman–Crippen MR) is 130 cm³/mol. The first-order valence-electron chi connectivity index (χ1n) is 10.3. The molecular weight excluding hydrogens is 442 g/mol. The number of thiocarbonyl (C=S) groups is 1. The normalized spacial score (nSPS) is 10.5. The zero-order valence-electron chi connectivity index (χ0n) is 18.8. The molecule has 172 valence electrons. The van der Waals surface area contributed by atoms with E-state index in [9.17, 15) is 14.9 Å². The second-order valence-corrected chi connectivity index (χ2v) is 7.84. The Bertz CT molecular complexity index is 1200. The molecule has 9 nitrogen and oxygen atoms in total. The molecule has 10 heteroatoms. The van der Waals surface area contributed by atoms with Gasteiger partial charge in [-0.25, -0.2) is 0 Å². The highest BCUT2D eigenvalue weighted by Crippen LogP contribution is 2.28. The zero-order chi connectivity index (χ0) is 24.1. The Morgan fingerprint density at radius 2 is 1.91 bits per heavy atom. The van der Waals surface area contributed by atoms with Gasteiger partial charge in [-0.2, -0.15) is 5.10 Å². The zero-order valence-corrected chi connectivity index (χ0v) is 19.7. The van der Waals surface area contributed by atoms with Crippen molar-refractivity contribution >= 4 is 34.6 Å². The summed E-state index contributed by atoms with van der Waals surface area (Å²) in [6, 6.07) is 11.7. The number of nitrogens with zero attached hydrogens (tertiary/aromatic N) is 3. The van der Waals surface area contributed by atoms with Gasteiger partial charge in [0.1, 0.15) is 0 Å². The molecule has 2 N–H and O–H groups in total. The van der Waals surface area contributed by atoms with E-state index < -0.39 is 10.8 Å². The molecule has 0 aliphatic rings. The van der Waals surface area contributed by atoms with Gasteiger partial charge in [-0.05, 0) is 62.8 Å². The molecule has 0 unspecified atom stereocenters. The van der Waals surface area contributed by atoms with Crippen molar-refractivity contribution in [2.45, 2.75) is 27.2 Å². The Morgan fingerprint density at radius 1 is 1.21 bits per heavy atom. The summed E-state index contributed by atoms with van der Waals surface area (Å²) in [4.78, 5) is 23.2. The van der Waals surface area contributed by atoms with Crippen molar-refractivity contribution in [2.75, 3.05) is 11.9 Å². The standard InChI is InChI=1S/C23H25N5O4S/c1-5-32-21-11-8-17(13-20(21)28(30)31)22(29)25-23(33)24-18-9-6-16(7-10-18)12-19-14(2)26-27(4)15(19)3/h6-11,13H,5,12H2,1-4H3,(H2,24,25,29,33). The Morgan fingerprint density at radius 3 is 2.48 bits per heavy atom. The van der Waals surface area contributed by atoms with Crippen LogP contribution in [0.1, 0.15) is 39.8 Å². The molecule has 1 aromatic heterocycles. The minimum Gasteiger partial charge on any atom is -0.487 e. The molecule has 0 aliphatic heterocycles. The van der Waals surface area contributed by atoms with Gasteiger partial charge in [0, 0.05) is 42.0 Å². The molecule has 0 saturated carbocycles. The summed E-state index contributed by atoms with van der Waals surface area (Å²) in [7, 11) is 1.93. The number of ether oxygens (including phenoxy) is 1. The smallest absolute Gasteiger partial charge is 0.311 e. The van der Waals surface area contributed by atoms with Crippen LogP contribution in [0.25, 0.3) is 0 Å². The number of benzene rings is 2. The third kappa shape index (κ3) is 5.72. The molecular formula is C23H25N5O4S. The number of nitro groups is 1. The van der Waals surface area contributed by atoms with Crippen molar-refractivity contribution in [2.24, 2.45) is 7.05 Å². The number of amides is 1. The van der Waals surface area contributed by atoms with Gasteiger partial charge in [0.2, 0.25) is 0 Å². The average molecular weight is 468 g/mol. The molecule has 0 spiro atoms. The summed E-state index contributed by atoms with van der Waals surface area (Å²) in [6.07, 6.45) is 0.767. The van der Waals surface area contributed by atoms with Crippen LogP contribution in [0.4, 0.5) is 11.4 Å². The van der Waals surface area contributed by atoms with E-state index in [0.717, 1.165) is 23.4 Å². The molecule has 3 aromatic rings. The second kappa shape index (κ2) is 10.2. The number of aromatic nitrogens is 2. The SMILES string of the molecule is CCOc1ccc(C(=O)NC(=S)Nc2ccc(Cc3c(C)nn(C)c3C)cc2)cc1[N+](=O)[O-]. The third-order valence-corrected chi connectivity index (χ3v) is 5.40. The lowest BCUT2D eigenvalue weighted by atomic mass is 10.0. The van der Waals surface area contributed by atoms with E-state index >= 15 is 0 Å². The first-order valence-corrected chi connectivity index (χ1v) is 10.7. The summed E-state index contributed by atoms with van der Waals surface area (Å²) in [5.41, 5.74) is 5.00. The maximum absolute atomic E-state index is 12.5. The van der Waals surface area contributed by atoms with Crippen LogP contribution >= 0.6 is 12.2 Å². The molecule has 0 saturated heterocycles. The lowest BCUT2D eigenvalue weighted by Crippen LogP contribution is -2.34. The fourth-order valence-corrected chi connectivity index (χ4v) is 3.61. The summed E-state index contributed by atoms with van der Waals surface area (Å²) < 4.78 is 7.11. The molecule has 0 aliphatic carbocycles. The Labute approximate surface area is 196 Å². The number of rotatable bonds is 7. The van der Waals surface area contributed by atoms with Crippen LogP contribution in [0.5, 0.6) is 5.75 Å². The van der Waals surface area contributed by atoms with Crippen molar-refractivity contribution in [1.29, 1.82) is 0 Å². The van der Waals surface area contributed by atoms with Crippen LogP contribution in [0.3, 0.4) is 0 Å². The summed E-state index contributed by atoms with van der Waals surface area (Å²) in [5, 5.41) is 21.3. The van der Waals surface area contributed by atoms with Gasteiger partial charge in [0.05, 0.1) is 17.2 Å². The fourth-order valence-electron chi connectivity index (χ4n) is 3.40. The maximum atomic E-state index is 12.5. The monoisotopic (exact) mass is 467 g/mol. The largest absolute Gasteiger partial charge is 0.487 e.